The fraction of sp³-hybridized carbons (Fsp3) is 0.538. The average molecular weight is 282 g/mol. The molecular formula is C13H18N2O3S. The van der Waals surface area contributed by atoms with Crippen LogP contribution in [0.2, 0.25) is 0 Å². The van der Waals surface area contributed by atoms with Crippen LogP contribution in [0.15, 0.2) is 17.2 Å². The smallest absolute Gasteiger partial charge is 0.245 e. The standard InChI is InChI=1S/C13H18N2O3S/c1-3-7-14(4-2)19(17,18)13-8-12(10-16)15(9-13)11-5-6-11/h1,8-9,11,16H,4-7,10H2,2H3. The van der Waals surface area contributed by atoms with E-state index < -0.39 is 10.0 Å². The molecule has 0 radical (unpaired) electrons. The molecule has 0 spiro atoms. The fourth-order valence-electron chi connectivity index (χ4n) is 2.07. The Labute approximate surface area is 113 Å². The van der Waals surface area contributed by atoms with Gasteiger partial charge in [-0.05, 0) is 18.9 Å². The van der Waals surface area contributed by atoms with Crippen LogP contribution in [0.25, 0.3) is 0 Å². The monoisotopic (exact) mass is 282 g/mol. The third kappa shape index (κ3) is 2.68. The van der Waals surface area contributed by atoms with Gasteiger partial charge in [-0.25, -0.2) is 8.42 Å². The zero-order valence-electron chi connectivity index (χ0n) is 10.9. The number of aliphatic hydroxyl groups excluding tert-OH is 1. The summed E-state index contributed by atoms with van der Waals surface area (Å²) in [6.07, 6.45) is 8.87. The lowest BCUT2D eigenvalue weighted by Gasteiger charge is -2.16. The van der Waals surface area contributed by atoms with Gasteiger partial charge in [-0.3, -0.25) is 0 Å². The molecule has 6 heteroatoms. The molecule has 1 fully saturated rings. The Morgan fingerprint density at radius 2 is 2.26 bits per heavy atom. The van der Waals surface area contributed by atoms with Gasteiger partial charge < -0.3 is 9.67 Å². The van der Waals surface area contributed by atoms with Crippen molar-refractivity contribution in [1.29, 1.82) is 0 Å². The van der Waals surface area contributed by atoms with E-state index >= 15 is 0 Å². The maximum absolute atomic E-state index is 12.4. The van der Waals surface area contributed by atoms with E-state index in [0.29, 0.717) is 18.3 Å². The molecule has 104 valence electrons. The topological polar surface area (TPSA) is 62.5 Å². The molecule has 0 amide bonds. The summed E-state index contributed by atoms with van der Waals surface area (Å²) in [7, 11) is -3.57. The maximum atomic E-state index is 12.4. The van der Waals surface area contributed by atoms with E-state index in [1.807, 2.05) is 4.57 Å². The molecule has 1 N–H and O–H groups in total. The predicted molar refractivity (Wildman–Crippen MR) is 71.9 cm³/mol. The molecule has 1 saturated carbocycles. The molecule has 1 aliphatic rings. The van der Waals surface area contributed by atoms with Crippen molar-refractivity contribution >= 4 is 10.0 Å². The van der Waals surface area contributed by atoms with Crippen LogP contribution in [0.5, 0.6) is 0 Å². The number of sulfonamides is 1. The van der Waals surface area contributed by atoms with Crippen LogP contribution in [-0.2, 0) is 16.6 Å². The summed E-state index contributed by atoms with van der Waals surface area (Å²) in [5.41, 5.74) is 0.637. The first-order chi connectivity index (χ1) is 9.04. The zero-order valence-corrected chi connectivity index (χ0v) is 11.7. The number of aromatic nitrogens is 1. The Kier molecular flexibility index (Phi) is 3.99. The van der Waals surface area contributed by atoms with E-state index in [2.05, 4.69) is 5.92 Å². The Morgan fingerprint density at radius 3 is 2.74 bits per heavy atom. The van der Waals surface area contributed by atoms with E-state index in [9.17, 15) is 13.5 Å². The molecule has 1 aromatic heterocycles. The van der Waals surface area contributed by atoms with Gasteiger partial charge in [0, 0.05) is 24.5 Å². The zero-order chi connectivity index (χ0) is 14.0. The average Bonchev–Trinajstić information content (AvgIpc) is 3.14. The predicted octanol–water partition coefficient (Wildman–Crippen LogP) is 0.959. The number of aliphatic hydroxyl groups is 1. The number of rotatable bonds is 6. The lowest BCUT2D eigenvalue weighted by molar-refractivity contribution is 0.270. The third-order valence-electron chi connectivity index (χ3n) is 3.27. The van der Waals surface area contributed by atoms with Crippen LogP contribution in [0, 0.1) is 12.3 Å². The number of terminal acetylenes is 1. The minimum atomic E-state index is -3.57. The summed E-state index contributed by atoms with van der Waals surface area (Å²) in [5, 5.41) is 9.31. The molecule has 0 unspecified atom stereocenters. The number of hydrogen-bond acceptors (Lipinski definition) is 3. The summed E-state index contributed by atoms with van der Waals surface area (Å²) in [6.45, 7) is 1.98. The molecular weight excluding hydrogens is 264 g/mol. The first-order valence-corrected chi connectivity index (χ1v) is 7.73. The molecule has 0 saturated heterocycles. The first-order valence-electron chi connectivity index (χ1n) is 6.29. The molecule has 1 heterocycles. The van der Waals surface area contributed by atoms with Crippen LogP contribution in [-0.4, -0.2) is 35.5 Å². The van der Waals surface area contributed by atoms with E-state index in [1.54, 1.807) is 13.1 Å². The second kappa shape index (κ2) is 5.37. The van der Waals surface area contributed by atoms with E-state index in [0.717, 1.165) is 12.8 Å². The lowest BCUT2D eigenvalue weighted by Crippen LogP contribution is -2.31. The van der Waals surface area contributed by atoms with Crippen molar-refractivity contribution < 1.29 is 13.5 Å². The van der Waals surface area contributed by atoms with Crippen molar-refractivity contribution in [3.8, 4) is 12.3 Å². The normalized spacial score (nSPS) is 15.7. The largest absolute Gasteiger partial charge is 0.390 e. The van der Waals surface area contributed by atoms with Crippen molar-refractivity contribution in [1.82, 2.24) is 8.87 Å². The van der Waals surface area contributed by atoms with Gasteiger partial charge in [-0.15, -0.1) is 6.42 Å². The highest BCUT2D eigenvalue weighted by atomic mass is 32.2. The highest BCUT2D eigenvalue weighted by molar-refractivity contribution is 7.89. The molecule has 0 aromatic carbocycles. The van der Waals surface area contributed by atoms with Crippen LogP contribution >= 0.6 is 0 Å². The summed E-state index contributed by atoms with van der Waals surface area (Å²) in [4.78, 5) is 0.209. The van der Waals surface area contributed by atoms with Gasteiger partial charge in [-0.1, -0.05) is 12.8 Å². The Balaban J connectivity index is 2.37. The van der Waals surface area contributed by atoms with E-state index in [1.165, 1.54) is 10.4 Å². The molecule has 0 atom stereocenters. The fourth-order valence-corrected chi connectivity index (χ4v) is 3.49. The molecule has 5 nitrogen and oxygen atoms in total. The van der Waals surface area contributed by atoms with Gasteiger partial charge in [-0.2, -0.15) is 4.31 Å². The molecule has 0 bridgehead atoms. The summed E-state index contributed by atoms with van der Waals surface area (Å²) in [5.74, 6) is 2.36. The Bertz CT molecular complexity index is 594. The van der Waals surface area contributed by atoms with Crippen LogP contribution < -0.4 is 0 Å². The minimum absolute atomic E-state index is 0.0574. The summed E-state index contributed by atoms with van der Waals surface area (Å²) >= 11 is 0. The van der Waals surface area contributed by atoms with Crippen molar-refractivity contribution in [2.75, 3.05) is 13.1 Å². The van der Waals surface area contributed by atoms with Crippen molar-refractivity contribution in [3.05, 3.63) is 18.0 Å². The van der Waals surface area contributed by atoms with Gasteiger partial charge in [0.2, 0.25) is 10.0 Å². The number of nitrogens with zero attached hydrogens (tertiary/aromatic N) is 2. The third-order valence-corrected chi connectivity index (χ3v) is 5.15. The Hall–Kier alpha value is -1.29. The highest BCUT2D eigenvalue weighted by Gasteiger charge is 2.30. The summed E-state index contributed by atoms with van der Waals surface area (Å²) < 4.78 is 27.9. The van der Waals surface area contributed by atoms with E-state index in [4.69, 9.17) is 6.42 Å². The second-order valence-electron chi connectivity index (χ2n) is 4.60. The van der Waals surface area contributed by atoms with Gasteiger partial charge in [0.05, 0.1) is 13.2 Å². The maximum Gasteiger partial charge on any atom is 0.245 e. The van der Waals surface area contributed by atoms with Gasteiger partial charge in [0.15, 0.2) is 0 Å². The van der Waals surface area contributed by atoms with Crippen molar-refractivity contribution in [3.63, 3.8) is 0 Å². The van der Waals surface area contributed by atoms with Crippen molar-refractivity contribution in [2.24, 2.45) is 0 Å². The van der Waals surface area contributed by atoms with Gasteiger partial charge >= 0.3 is 0 Å². The van der Waals surface area contributed by atoms with Crippen LogP contribution in [0.4, 0.5) is 0 Å². The second-order valence-corrected chi connectivity index (χ2v) is 6.54. The van der Waals surface area contributed by atoms with Gasteiger partial charge in [0.1, 0.15) is 4.90 Å². The quantitative estimate of drug-likeness (QED) is 0.791. The van der Waals surface area contributed by atoms with Crippen molar-refractivity contribution in [2.45, 2.75) is 37.3 Å². The molecule has 0 aliphatic heterocycles. The molecule has 2 rings (SSSR count). The molecule has 19 heavy (non-hydrogen) atoms. The lowest BCUT2D eigenvalue weighted by atomic mass is 10.4. The number of hydrogen-bond donors (Lipinski definition) is 1. The Morgan fingerprint density at radius 1 is 1.58 bits per heavy atom. The van der Waals surface area contributed by atoms with Crippen LogP contribution in [0.3, 0.4) is 0 Å². The highest BCUT2D eigenvalue weighted by Crippen LogP contribution is 2.37. The summed E-state index contributed by atoms with van der Waals surface area (Å²) in [6, 6.07) is 1.86. The van der Waals surface area contributed by atoms with Gasteiger partial charge in [0.25, 0.3) is 0 Å². The van der Waals surface area contributed by atoms with Crippen LogP contribution in [0.1, 0.15) is 31.5 Å². The first kappa shape index (κ1) is 14.1. The van der Waals surface area contributed by atoms with E-state index in [-0.39, 0.29) is 18.0 Å². The molecule has 1 aromatic rings. The minimum Gasteiger partial charge on any atom is -0.390 e. The SMILES string of the molecule is C#CCN(CC)S(=O)(=O)c1cc(CO)n(C2CC2)c1. The molecule has 1 aliphatic carbocycles.